The van der Waals surface area contributed by atoms with Gasteiger partial charge in [-0.1, -0.05) is 62.2 Å². The van der Waals surface area contributed by atoms with Gasteiger partial charge in [0.2, 0.25) is 0 Å². The number of hydrogen-bond donors (Lipinski definition) is 0. The molecular formula is C27H26F2. The molecular weight excluding hydrogens is 362 g/mol. The van der Waals surface area contributed by atoms with E-state index >= 15 is 0 Å². The van der Waals surface area contributed by atoms with Gasteiger partial charge in [-0.3, -0.25) is 0 Å². The van der Waals surface area contributed by atoms with Gasteiger partial charge in [0.1, 0.15) is 11.6 Å². The average Bonchev–Trinajstić information content (AvgIpc) is 2.74. The van der Waals surface area contributed by atoms with Crippen molar-refractivity contribution in [2.24, 2.45) is 0 Å². The number of aryl methyl sites for hydroxylation is 2. The Balaban J connectivity index is 1.57. The first kappa shape index (κ1) is 19.6. The zero-order chi connectivity index (χ0) is 20.2. The quantitative estimate of drug-likeness (QED) is 0.377. The molecule has 0 bridgehead atoms. The molecule has 0 aliphatic heterocycles. The van der Waals surface area contributed by atoms with Crippen LogP contribution in [0.4, 0.5) is 8.78 Å². The van der Waals surface area contributed by atoms with Gasteiger partial charge in [-0.25, -0.2) is 8.78 Å². The lowest BCUT2D eigenvalue weighted by molar-refractivity contribution is 0.625. The molecule has 3 aromatic carbocycles. The summed E-state index contributed by atoms with van der Waals surface area (Å²) in [6.45, 7) is 2.22. The van der Waals surface area contributed by atoms with Crippen molar-refractivity contribution >= 4 is 11.6 Å². The van der Waals surface area contributed by atoms with Crippen molar-refractivity contribution in [3.05, 3.63) is 94.6 Å². The van der Waals surface area contributed by atoms with Crippen LogP contribution in [0.15, 0.2) is 60.7 Å². The summed E-state index contributed by atoms with van der Waals surface area (Å²) in [5.41, 5.74) is 7.20. The Morgan fingerprint density at radius 1 is 0.793 bits per heavy atom. The van der Waals surface area contributed by atoms with E-state index in [4.69, 9.17) is 0 Å². The molecule has 2 heteroatoms. The fourth-order valence-electron chi connectivity index (χ4n) is 4.06. The van der Waals surface area contributed by atoms with E-state index in [0.29, 0.717) is 11.1 Å². The fraction of sp³-hybridized carbons (Fsp3) is 0.259. The Morgan fingerprint density at radius 3 is 2.24 bits per heavy atom. The number of benzene rings is 3. The lowest BCUT2D eigenvalue weighted by atomic mass is 9.86. The van der Waals surface area contributed by atoms with Crippen LogP contribution in [-0.2, 0) is 12.8 Å². The molecule has 29 heavy (non-hydrogen) atoms. The van der Waals surface area contributed by atoms with Crippen LogP contribution in [0.2, 0.25) is 0 Å². The third-order valence-corrected chi connectivity index (χ3v) is 5.77. The Labute approximate surface area is 171 Å². The maximum absolute atomic E-state index is 14.8. The van der Waals surface area contributed by atoms with E-state index in [9.17, 15) is 8.78 Å². The number of fused-ring (bicyclic) bond motifs is 1. The third-order valence-electron chi connectivity index (χ3n) is 5.77. The van der Waals surface area contributed by atoms with Gasteiger partial charge >= 0.3 is 0 Å². The van der Waals surface area contributed by atoms with Crippen LogP contribution in [0.5, 0.6) is 0 Å². The smallest absolute Gasteiger partial charge is 0.131 e. The molecule has 0 heterocycles. The van der Waals surface area contributed by atoms with Crippen LogP contribution in [0.3, 0.4) is 0 Å². The largest absolute Gasteiger partial charge is 0.207 e. The van der Waals surface area contributed by atoms with Crippen molar-refractivity contribution < 1.29 is 8.78 Å². The Morgan fingerprint density at radius 2 is 1.52 bits per heavy atom. The molecule has 0 radical (unpaired) electrons. The molecule has 0 aromatic heterocycles. The summed E-state index contributed by atoms with van der Waals surface area (Å²) in [5, 5.41) is 0. The molecule has 4 rings (SSSR count). The van der Waals surface area contributed by atoms with Gasteiger partial charge in [0.15, 0.2) is 0 Å². The van der Waals surface area contributed by atoms with Gasteiger partial charge in [0.25, 0.3) is 0 Å². The van der Waals surface area contributed by atoms with Crippen LogP contribution in [0, 0.1) is 11.6 Å². The van der Waals surface area contributed by atoms with E-state index in [-0.39, 0.29) is 11.6 Å². The van der Waals surface area contributed by atoms with Crippen LogP contribution < -0.4 is 0 Å². The first-order valence-corrected chi connectivity index (χ1v) is 10.5. The van der Waals surface area contributed by atoms with E-state index in [1.54, 1.807) is 18.2 Å². The number of halogens is 2. The van der Waals surface area contributed by atoms with E-state index < -0.39 is 0 Å². The summed E-state index contributed by atoms with van der Waals surface area (Å²) < 4.78 is 28.0. The lowest BCUT2D eigenvalue weighted by Gasteiger charge is -2.19. The predicted octanol–water partition coefficient (Wildman–Crippen LogP) is 7.85. The van der Waals surface area contributed by atoms with E-state index in [0.717, 1.165) is 30.4 Å². The number of hydrogen-bond acceptors (Lipinski definition) is 0. The molecule has 0 fully saturated rings. The maximum atomic E-state index is 14.8. The monoisotopic (exact) mass is 388 g/mol. The molecule has 0 amide bonds. The summed E-state index contributed by atoms with van der Waals surface area (Å²) in [7, 11) is 0. The molecule has 0 nitrogen and oxygen atoms in total. The fourth-order valence-corrected chi connectivity index (χ4v) is 4.06. The minimum Gasteiger partial charge on any atom is -0.207 e. The van der Waals surface area contributed by atoms with Gasteiger partial charge in [0.05, 0.1) is 0 Å². The van der Waals surface area contributed by atoms with Crippen LogP contribution in [-0.4, -0.2) is 0 Å². The van der Waals surface area contributed by atoms with E-state index in [1.165, 1.54) is 48.1 Å². The van der Waals surface area contributed by atoms with Gasteiger partial charge in [0, 0.05) is 5.56 Å². The number of unbranched alkanes of at least 4 members (excludes halogenated alkanes) is 2. The Bertz CT molecular complexity index is 1010. The van der Waals surface area contributed by atoms with Crippen molar-refractivity contribution in [3.63, 3.8) is 0 Å². The second-order valence-corrected chi connectivity index (χ2v) is 7.86. The van der Waals surface area contributed by atoms with Crippen LogP contribution in [0.25, 0.3) is 22.8 Å². The minimum absolute atomic E-state index is 0.265. The highest BCUT2D eigenvalue weighted by atomic mass is 19.1. The predicted molar refractivity (Wildman–Crippen MR) is 118 cm³/mol. The third kappa shape index (κ3) is 4.48. The van der Waals surface area contributed by atoms with Crippen molar-refractivity contribution in [1.29, 1.82) is 0 Å². The van der Waals surface area contributed by atoms with Crippen molar-refractivity contribution in [2.75, 3.05) is 0 Å². The Hall–Kier alpha value is -2.74. The number of allylic oxidation sites excluding steroid dienone is 1. The van der Waals surface area contributed by atoms with Crippen molar-refractivity contribution in [3.8, 4) is 11.1 Å². The zero-order valence-corrected chi connectivity index (χ0v) is 16.8. The molecule has 0 saturated heterocycles. The Kier molecular flexibility index (Phi) is 5.89. The second-order valence-electron chi connectivity index (χ2n) is 7.86. The summed E-state index contributed by atoms with van der Waals surface area (Å²) in [5.74, 6) is -0.574. The standard InChI is InChI=1S/C27H26F2/c1-2-3-4-5-19-6-8-20(9-7-19)22-10-11-23-17-26(27(29)18-24(23)16-22)21-12-14-25(28)15-13-21/h6-9,12-18H,2-5,10-11H2,1H3. The summed E-state index contributed by atoms with van der Waals surface area (Å²) in [6.07, 6.45) is 8.82. The number of rotatable bonds is 6. The highest BCUT2D eigenvalue weighted by molar-refractivity contribution is 5.85. The highest BCUT2D eigenvalue weighted by Crippen LogP contribution is 2.34. The van der Waals surface area contributed by atoms with Crippen LogP contribution >= 0.6 is 0 Å². The maximum Gasteiger partial charge on any atom is 0.131 e. The van der Waals surface area contributed by atoms with E-state index in [2.05, 4.69) is 37.3 Å². The van der Waals surface area contributed by atoms with Gasteiger partial charge in [-0.2, -0.15) is 0 Å². The van der Waals surface area contributed by atoms with Gasteiger partial charge in [-0.15, -0.1) is 0 Å². The minimum atomic E-state index is -0.309. The lowest BCUT2D eigenvalue weighted by Crippen LogP contribution is -2.01. The molecule has 0 atom stereocenters. The molecule has 0 spiro atoms. The SMILES string of the molecule is CCCCCc1ccc(C2=Cc3cc(F)c(-c4ccc(F)cc4)cc3CC2)cc1. The molecule has 1 aliphatic rings. The molecule has 148 valence electrons. The first-order valence-electron chi connectivity index (χ1n) is 10.5. The normalized spacial score (nSPS) is 13.1. The van der Waals surface area contributed by atoms with Gasteiger partial charge in [-0.05, 0) is 83.3 Å². The summed E-state index contributed by atoms with van der Waals surface area (Å²) >= 11 is 0. The zero-order valence-electron chi connectivity index (χ0n) is 16.8. The summed E-state index contributed by atoms with van der Waals surface area (Å²) in [4.78, 5) is 0. The van der Waals surface area contributed by atoms with E-state index in [1.807, 2.05) is 6.07 Å². The molecule has 0 saturated carbocycles. The highest BCUT2D eigenvalue weighted by Gasteiger charge is 2.16. The van der Waals surface area contributed by atoms with Crippen molar-refractivity contribution in [1.82, 2.24) is 0 Å². The molecule has 0 unspecified atom stereocenters. The van der Waals surface area contributed by atoms with Crippen molar-refractivity contribution in [2.45, 2.75) is 45.4 Å². The first-order chi connectivity index (χ1) is 14.1. The second kappa shape index (κ2) is 8.73. The molecule has 3 aromatic rings. The molecule has 0 N–H and O–H groups in total. The van der Waals surface area contributed by atoms with Gasteiger partial charge < -0.3 is 0 Å². The molecule has 1 aliphatic carbocycles. The average molecular weight is 389 g/mol. The van der Waals surface area contributed by atoms with Crippen LogP contribution in [0.1, 0.15) is 54.9 Å². The summed E-state index contributed by atoms with van der Waals surface area (Å²) in [6, 6.07) is 18.4. The topological polar surface area (TPSA) is 0 Å².